The highest BCUT2D eigenvalue weighted by molar-refractivity contribution is 14.0. The number of ether oxygens (including phenoxy) is 2. The number of guanidine groups is 1. The first-order valence-electron chi connectivity index (χ1n) is 11.3. The minimum atomic E-state index is 0. The normalized spacial score (nSPS) is 11.5. The number of methoxy groups -OCH3 is 2. The molecule has 3 rings (SSSR count). The molecule has 2 heterocycles. The number of aromatic amines is 1. The molecule has 0 radical (unpaired) electrons. The average molecular weight is 569 g/mol. The van der Waals surface area contributed by atoms with Crippen LogP contribution in [0.2, 0.25) is 0 Å². The summed E-state index contributed by atoms with van der Waals surface area (Å²) in [5.41, 5.74) is 2.20. The Bertz CT molecular complexity index is 1030. The van der Waals surface area contributed by atoms with Crippen molar-refractivity contribution in [2.24, 2.45) is 10.9 Å². The fourth-order valence-electron chi connectivity index (χ4n) is 3.69. The van der Waals surface area contributed by atoms with Crippen molar-refractivity contribution in [3.8, 4) is 11.5 Å². The second kappa shape index (κ2) is 13.3. The summed E-state index contributed by atoms with van der Waals surface area (Å²) in [5, 5.41) is 7.82. The molecule has 2 aromatic heterocycles. The van der Waals surface area contributed by atoms with E-state index in [9.17, 15) is 0 Å². The van der Waals surface area contributed by atoms with Gasteiger partial charge in [0.2, 0.25) is 0 Å². The zero-order valence-electron chi connectivity index (χ0n) is 20.3. The fraction of sp³-hybridized carbons (Fsp3) is 0.500. The van der Waals surface area contributed by atoms with Crippen LogP contribution < -0.4 is 20.1 Å². The van der Waals surface area contributed by atoms with Crippen molar-refractivity contribution in [3.63, 3.8) is 0 Å². The van der Waals surface area contributed by atoms with Crippen LogP contribution in [0.1, 0.15) is 38.7 Å². The second-order valence-electron chi connectivity index (χ2n) is 8.20. The van der Waals surface area contributed by atoms with E-state index < -0.39 is 0 Å². The number of rotatable bonds is 11. The molecule has 1 aromatic carbocycles. The Kier molecular flexibility index (Phi) is 10.8. The monoisotopic (exact) mass is 568 g/mol. The summed E-state index contributed by atoms with van der Waals surface area (Å²) in [4.78, 5) is 12.7. The lowest BCUT2D eigenvalue weighted by molar-refractivity contribution is 0.398. The molecule has 3 aromatic rings. The summed E-state index contributed by atoms with van der Waals surface area (Å²) in [6.45, 7) is 9.63. The third kappa shape index (κ3) is 7.55. The van der Waals surface area contributed by atoms with Crippen LogP contribution in [0.15, 0.2) is 35.6 Å². The van der Waals surface area contributed by atoms with E-state index in [0.29, 0.717) is 12.5 Å². The zero-order chi connectivity index (χ0) is 22.9. The summed E-state index contributed by atoms with van der Waals surface area (Å²) in [6, 6.07) is 6.06. The van der Waals surface area contributed by atoms with Crippen molar-refractivity contribution in [3.05, 3.63) is 42.1 Å². The van der Waals surface area contributed by atoms with Crippen molar-refractivity contribution in [2.45, 2.75) is 46.7 Å². The molecule has 0 fully saturated rings. The van der Waals surface area contributed by atoms with E-state index in [1.165, 1.54) is 5.69 Å². The van der Waals surface area contributed by atoms with Gasteiger partial charge in [0.1, 0.15) is 23.9 Å². The van der Waals surface area contributed by atoms with E-state index >= 15 is 0 Å². The van der Waals surface area contributed by atoms with Crippen LogP contribution >= 0.6 is 24.0 Å². The number of imidazole rings is 1. The van der Waals surface area contributed by atoms with Gasteiger partial charge in [-0.25, -0.2) is 9.98 Å². The Hall–Kier alpha value is -2.43. The number of aromatic nitrogens is 3. The van der Waals surface area contributed by atoms with Gasteiger partial charge in [0.15, 0.2) is 5.96 Å². The van der Waals surface area contributed by atoms with Crippen LogP contribution in [0, 0.1) is 5.92 Å². The van der Waals surface area contributed by atoms with Gasteiger partial charge in [0, 0.05) is 55.2 Å². The molecule has 0 bridgehead atoms. The van der Waals surface area contributed by atoms with Gasteiger partial charge < -0.3 is 29.7 Å². The minimum absolute atomic E-state index is 0. The van der Waals surface area contributed by atoms with Crippen molar-refractivity contribution >= 4 is 40.8 Å². The number of halogens is 1. The molecule has 3 N–H and O–H groups in total. The maximum atomic E-state index is 5.51. The Morgan fingerprint density at radius 2 is 2.00 bits per heavy atom. The van der Waals surface area contributed by atoms with Gasteiger partial charge >= 0.3 is 0 Å². The quantitative estimate of drug-likeness (QED) is 0.139. The van der Waals surface area contributed by atoms with E-state index in [1.807, 2.05) is 24.5 Å². The summed E-state index contributed by atoms with van der Waals surface area (Å²) in [6.07, 6.45) is 5.76. The lowest BCUT2D eigenvalue weighted by Crippen LogP contribution is -2.38. The number of hydrogen-bond donors (Lipinski definition) is 3. The Morgan fingerprint density at radius 1 is 1.18 bits per heavy atom. The van der Waals surface area contributed by atoms with Crippen molar-refractivity contribution < 1.29 is 9.47 Å². The molecule has 0 saturated heterocycles. The van der Waals surface area contributed by atoms with Gasteiger partial charge in [-0.05, 0) is 31.7 Å². The molecule has 0 aliphatic heterocycles. The first-order chi connectivity index (χ1) is 15.5. The van der Waals surface area contributed by atoms with Crippen LogP contribution in [0.25, 0.3) is 10.9 Å². The predicted octanol–water partition coefficient (Wildman–Crippen LogP) is 4.34. The molecular formula is C24H37IN6O2. The Morgan fingerprint density at radius 3 is 2.70 bits per heavy atom. The predicted molar refractivity (Wildman–Crippen MR) is 145 cm³/mol. The van der Waals surface area contributed by atoms with Crippen LogP contribution in [-0.2, 0) is 19.5 Å². The molecule has 182 valence electrons. The summed E-state index contributed by atoms with van der Waals surface area (Å²) < 4.78 is 13.1. The largest absolute Gasteiger partial charge is 0.497 e. The Balaban J connectivity index is 0.00000385. The number of nitrogens with one attached hydrogen (secondary N) is 3. The second-order valence-corrected chi connectivity index (χ2v) is 8.20. The van der Waals surface area contributed by atoms with E-state index in [1.54, 1.807) is 14.2 Å². The first kappa shape index (κ1) is 26.8. The first-order valence-corrected chi connectivity index (χ1v) is 11.3. The lowest BCUT2D eigenvalue weighted by Gasteiger charge is -2.12. The molecule has 0 saturated carbocycles. The van der Waals surface area contributed by atoms with Gasteiger partial charge in [-0.1, -0.05) is 13.8 Å². The SMILES string of the molecule is CCNC(=NCc1nccn1CC(C)C)NCCCc1cc2c(OC)cc(OC)cc2[nH]1.I. The number of aliphatic imine (C=N–C) groups is 1. The Labute approximate surface area is 213 Å². The maximum absolute atomic E-state index is 5.51. The number of nitrogens with zero attached hydrogens (tertiary/aromatic N) is 3. The highest BCUT2D eigenvalue weighted by Gasteiger charge is 2.09. The lowest BCUT2D eigenvalue weighted by atomic mass is 10.2. The highest BCUT2D eigenvalue weighted by Crippen LogP contribution is 2.31. The number of hydrogen-bond acceptors (Lipinski definition) is 4. The number of fused-ring (bicyclic) bond motifs is 1. The number of aryl methyl sites for hydroxylation is 1. The number of benzene rings is 1. The van der Waals surface area contributed by atoms with E-state index in [2.05, 4.69) is 52.0 Å². The molecule has 0 unspecified atom stereocenters. The fourth-order valence-corrected chi connectivity index (χ4v) is 3.69. The summed E-state index contributed by atoms with van der Waals surface area (Å²) >= 11 is 0. The summed E-state index contributed by atoms with van der Waals surface area (Å²) in [5.74, 6) is 3.97. The van der Waals surface area contributed by atoms with Crippen molar-refractivity contribution in [1.82, 2.24) is 25.2 Å². The summed E-state index contributed by atoms with van der Waals surface area (Å²) in [7, 11) is 3.35. The van der Waals surface area contributed by atoms with E-state index in [0.717, 1.165) is 66.7 Å². The van der Waals surface area contributed by atoms with Gasteiger partial charge in [0.05, 0.1) is 19.7 Å². The molecule has 0 spiro atoms. The van der Waals surface area contributed by atoms with E-state index in [4.69, 9.17) is 14.5 Å². The average Bonchev–Trinajstić information content (AvgIpc) is 3.39. The standard InChI is InChI=1S/C24H36N6O2.HI/c1-6-25-24(28-15-23-26-10-11-30(23)16-17(2)3)27-9-7-8-18-12-20-21(29-18)13-19(31-4)14-22(20)32-5;/h10-14,17,29H,6-9,15-16H2,1-5H3,(H2,25,27,28);1H. The van der Waals surface area contributed by atoms with Crippen LogP contribution in [-0.4, -0.2) is 47.8 Å². The molecule has 33 heavy (non-hydrogen) atoms. The third-order valence-corrected chi connectivity index (χ3v) is 5.19. The topological polar surface area (TPSA) is 88.5 Å². The molecule has 0 amide bonds. The molecule has 8 nitrogen and oxygen atoms in total. The molecular weight excluding hydrogens is 531 g/mol. The van der Waals surface area contributed by atoms with Gasteiger partial charge in [-0.3, -0.25) is 0 Å². The highest BCUT2D eigenvalue weighted by atomic mass is 127. The van der Waals surface area contributed by atoms with Crippen LogP contribution in [0.5, 0.6) is 11.5 Å². The maximum Gasteiger partial charge on any atom is 0.191 e. The van der Waals surface area contributed by atoms with Gasteiger partial charge in [-0.2, -0.15) is 0 Å². The number of H-pyrrole nitrogens is 1. The molecule has 9 heteroatoms. The molecule has 0 aliphatic rings. The van der Waals surface area contributed by atoms with Gasteiger partial charge in [0.25, 0.3) is 0 Å². The zero-order valence-corrected chi connectivity index (χ0v) is 22.6. The molecule has 0 aliphatic carbocycles. The van der Waals surface area contributed by atoms with E-state index in [-0.39, 0.29) is 24.0 Å². The third-order valence-electron chi connectivity index (χ3n) is 5.19. The van der Waals surface area contributed by atoms with Crippen LogP contribution in [0.4, 0.5) is 0 Å². The minimum Gasteiger partial charge on any atom is -0.497 e. The molecule has 0 atom stereocenters. The van der Waals surface area contributed by atoms with Crippen molar-refractivity contribution in [2.75, 3.05) is 27.3 Å². The van der Waals surface area contributed by atoms with Crippen LogP contribution in [0.3, 0.4) is 0 Å². The van der Waals surface area contributed by atoms with Crippen molar-refractivity contribution in [1.29, 1.82) is 0 Å². The smallest absolute Gasteiger partial charge is 0.191 e. The van der Waals surface area contributed by atoms with Gasteiger partial charge in [-0.15, -0.1) is 24.0 Å².